The first-order chi connectivity index (χ1) is 17.3. The largest absolute Gasteiger partial charge is 0.494 e. The lowest BCUT2D eigenvalue weighted by Gasteiger charge is -2.38. The van der Waals surface area contributed by atoms with Crippen molar-refractivity contribution in [2.45, 2.75) is 82.4 Å². The Morgan fingerprint density at radius 3 is 2.43 bits per heavy atom. The Morgan fingerprint density at radius 1 is 1.16 bits per heavy atom. The third kappa shape index (κ3) is 5.35. The average molecular weight is 532 g/mol. The summed E-state index contributed by atoms with van der Waals surface area (Å²) in [5, 5.41) is 16.0. The molecule has 3 amide bonds. The van der Waals surface area contributed by atoms with E-state index in [1.165, 1.54) is 4.90 Å². The van der Waals surface area contributed by atoms with Crippen molar-refractivity contribution in [2.75, 3.05) is 25.1 Å². The Balaban J connectivity index is 1.58. The first-order valence-corrected chi connectivity index (χ1v) is 14.1. The molecule has 0 saturated carbocycles. The van der Waals surface area contributed by atoms with Crippen molar-refractivity contribution in [3.8, 4) is 5.75 Å². The Labute approximate surface area is 224 Å². The van der Waals surface area contributed by atoms with Crippen LogP contribution in [-0.2, 0) is 14.4 Å². The van der Waals surface area contributed by atoms with Crippen LogP contribution < -0.4 is 15.4 Å². The molecule has 8 nitrogen and oxygen atoms in total. The van der Waals surface area contributed by atoms with Gasteiger partial charge in [0.15, 0.2) is 0 Å². The maximum atomic E-state index is 13.8. The van der Waals surface area contributed by atoms with Crippen molar-refractivity contribution >= 4 is 35.2 Å². The molecule has 2 bridgehead atoms. The molecule has 1 aromatic carbocycles. The van der Waals surface area contributed by atoms with Gasteiger partial charge in [0, 0.05) is 23.0 Å². The predicted octanol–water partition coefficient (Wildman–Crippen LogP) is 3.44. The molecule has 204 valence electrons. The number of aliphatic hydroxyl groups is 1. The van der Waals surface area contributed by atoms with Crippen molar-refractivity contribution in [3.63, 3.8) is 0 Å². The highest BCUT2D eigenvalue weighted by atomic mass is 32.2. The molecule has 3 aliphatic heterocycles. The van der Waals surface area contributed by atoms with E-state index >= 15 is 0 Å². The summed E-state index contributed by atoms with van der Waals surface area (Å²) >= 11 is 1.63. The number of thioether (sulfide) groups is 1. The fraction of sp³-hybridized carbons (Fsp3) is 0.679. The topological polar surface area (TPSA) is 108 Å². The number of hydrogen-bond donors (Lipinski definition) is 3. The smallest absolute Gasteiger partial charge is 0.244 e. The number of rotatable bonds is 9. The molecule has 0 aromatic heterocycles. The summed E-state index contributed by atoms with van der Waals surface area (Å²) in [7, 11) is 0. The van der Waals surface area contributed by atoms with Gasteiger partial charge >= 0.3 is 0 Å². The first-order valence-electron chi connectivity index (χ1n) is 13.3. The van der Waals surface area contributed by atoms with Gasteiger partial charge in [0.2, 0.25) is 17.7 Å². The minimum Gasteiger partial charge on any atom is -0.494 e. The second-order valence-corrected chi connectivity index (χ2v) is 14.0. The molecule has 0 radical (unpaired) electrons. The maximum absolute atomic E-state index is 13.8. The second-order valence-electron chi connectivity index (χ2n) is 12.4. The number of hydrogen-bond acceptors (Lipinski definition) is 6. The minimum absolute atomic E-state index is 0.0124. The van der Waals surface area contributed by atoms with Crippen molar-refractivity contribution < 1.29 is 24.2 Å². The number of aliphatic hydroxyl groups excluding tert-OH is 1. The molecule has 9 heteroatoms. The fourth-order valence-electron chi connectivity index (χ4n) is 6.90. The highest BCUT2D eigenvalue weighted by Crippen LogP contribution is 2.66. The normalized spacial score (nSPS) is 28.8. The van der Waals surface area contributed by atoms with Crippen LogP contribution in [0.2, 0.25) is 0 Å². The monoisotopic (exact) mass is 531 g/mol. The molecule has 1 aromatic rings. The van der Waals surface area contributed by atoms with Gasteiger partial charge in [-0.05, 0) is 69.7 Å². The number of β-amino-alcohol motifs (C(OH)–C–C–N with tert-alkyl or cyclic N) is 1. The van der Waals surface area contributed by atoms with E-state index in [0.717, 1.165) is 18.6 Å². The van der Waals surface area contributed by atoms with Crippen LogP contribution in [0.25, 0.3) is 0 Å². The van der Waals surface area contributed by atoms with Gasteiger partial charge in [-0.3, -0.25) is 14.4 Å². The molecule has 3 aliphatic rings. The van der Waals surface area contributed by atoms with Gasteiger partial charge in [0.25, 0.3) is 0 Å². The molecular formula is C28H41N3O5S. The Morgan fingerprint density at radius 2 is 1.84 bits per heavy atom. The molecule has 2 unspecified atom stereocenters. The van der Waals surface area contributed by atoms with Crippen molar-refractivity contribution in [1.82, 2.24) is 10.2 Å². The van der Waals surface area contributed by atoms with Crippen LogP contribution in [0.15, 0.2) is 24.3 Å². The van der Waals surface area contributed by atoms with Gasteiger partial charge in [-0.25, -0.2) is 0 Å². The molecule has 0 aliphatic carbocycles. The molecule has 37 heavy (non-hydrogen) atoms. The van der Waals surface area contributed by atoms with E-state index in [4.69, 9.17) is 4.74 Å². The van der Waals surface area contributed by atoms with Crippen LogP contribution in [0.3, 0.4) is 0 Å². The first kappa shape index (κ1) is 27.8. The zero-order chi connectivity index (χ0) is 27.2. The van der Waals surface area contributed by atoms with Gasteiger partial charge in [0.1, 0.15) is 11.8 Å². The van der Waals surface area contributed by atoms with Crippen LogP contribution >= 0.6 is 11.8 Å². The maximum Gasteiger partial charge on any atom is 0.244 e. The molecule has 3 saturated heterocycles. The standard InChI is InChI=1S/C28H41N3O5S/c1-7-36-18-10-8-17(9-11-18)29-23(33)20-19-12-13-28(37-19)21(20)25(35)31(14-15-32)22(28)24(34)30-27(5,6)16-26(2,3)4/h8-11,19-22,32H,7,12-16H2,1-6H3,(H,29,33)(H,30,34)/t19-,20+,21-,22?,28?/m0/s1. The number of benzene rings is 1. The number of carbonyl (C=O) groups is 3. The highest BCUT2D eigenvalue weighted by Gasteiger charge is 2.73. The summed E-state index contributed by atoms with van der Waals surface area (Å²) < 4.78 is 4.81. The van der Waals surface area contributed by atoms with Crippen molar-refractivity contribution in [2.24, 2.45) is 17.3 Å². The van der Waals surface area contributed by atoms with Gasteiger partial charge in [-0.15, -0.1) is 11.8 Å². The van der Waals surface area contributed by atoms with Crippen LogP contribution in [0.1, 0.15) is 60.8 Å². The Kier molecular flexibility index (Phi) is 7.60. The number of ether oxygens (including phenoxy) is 1. The number of likely N-dealkylation sites (tertiary alicyclic amines) is 1. The lowest BCUT2D eigenvalue weighted by Crippen LogP contribution is -2.58. The number of nitrogens with zero attached hydrogens (tertiary/aromatic N) is 1. The quantitative estimate of drug-likeness (QED) is 0.451. The van der Waals surface area contributed by atoms with Crippen molar-refractivity contribution in [3.05, 3.63) is 24.3 Å². The number of anilines is 1. The molecule has 4 rings (SSSR count). The van der Waals surface area contributed by atoms with Gasteiger partial charge in [-0.1, -0.05) is 20.8 Å². The van der Waals surface area contributed by atoms with Gasteiger partial charge in [0.05, 0.1) is 29.8 Å². The van der Waals surface area contributed by atoms with E-state index in [1.54, 1.807) is 36.0 Å². The van der Waals surface area contributed by atoms with E-state index in [1.807, 2.05) is 20.8 Å². The summed E-state index contributed by atoms with van der Waals surface area (Å²) in [6.07, 6.45) is 2.24. The molecule has 3 N–H and O–H groups in total. The minimum atomic E-state index is -0.713. The summed E-state index contributed by atoms with van der Waals surface area (Å²) in [4.78, 5) is 42.7. The van der Waals surface area contributed by atoms with E-state index in [0.29, 0.717) is 18.7 Å². The number of amides is 3. The van der Waals surface area contributed by atoms with E-state index in [9.17, 15) is 19.5 Å². The lowest BCUT2D eigenvalue weighted by molar-refractivity contribution is -0.139. The molecule has 1 spiro atoms. The second kappa shape index (κ2) is 10.1. The van der Waals surface area contributed by atoms with Crippen molar-refractivity contribution in [1.29, 1.82) is 0 Å². The summed E-state index contributed by atoms with van der Waals surface area (Å²) in [6.45, 7) is 12.7. The molecule has 3 fully saturated rings. The van der Waals surface area contributed by atoms with E-state index < -0.39 is 28.2 Å². The predicted molar refractivity (Wildman–Crippen MR) is 145 cm³/mol. The average Bonchev–Trinajstić information content (AvgIpc) is 3.41. The SMILES string of the molecule is CCOc1ccc(NC(=O)[C@@H]2[C@@H]3CCC4(S3)C(C(=O)NC(C)(C)CC(C)(C)C)N(CCO)C(=O)[C@H]24)cc1. The summed E-state index contributed by atoms with van der Waals surface area (Å²) in [5.74, 6) is -0.988. The fourth-order valence-corrected chi connectivity index (χ4v) is 9.12. The van der Waals surface area contributed by atoms with E-state index in [-0.39, 0.29) is 41.5 Å². The number of fused-ring (bicyclic) bond motifs is 1. The number of carbonyl (C=O) groups excluding carboxylic acids is 3. The van der Waals surface area contributed by atoms with Gasteiger partial charge < -0.3 is 25.4 Å². The Bertz CT molecular complexity index is 1040. The molecule has 3 heterocycles. The van der Waals surface area contributed by atoms with Crippen LogP contribution in [0.4, 0.5) is 5.69 Å². The van der Waals surface area contributed by atoms with Crippen LogP contribution in [0, 0.1) is 17.3 Å². The van der Waals surface area contributed by atoms with E-state index in [2.05, 4.69) is 31.4 Å². The summed E-state index contributed by atoms with van der Waals surface area (Å²) in [6, 6.07) is 6.48. The third-order valence-electron chi connectivity index (χ3n) is 7.56. The van der Waals surface area contributed by atoms with Gasteiger partial charge in [-0.2, -0.15) is 0 Å². The Hall–Kier alpha value is -2.26. The zero-order valence-electron chi connectivity index (χ0n) is 22.8. The van der Waals surface area contributed by atoms with Crippen LogP contribution in [0.5, 0.6) is 5.75 Å². The summed E-state index contributed by atoms with van der Waals surface area (Å²) in [5.41, 5.74) is 0.188. The molecular weight excluding hydrogens is 490 g/mol. The molecule has 5 atom stereocenters. The van der Waals surface area contributed by atoms with Crippen LogP contribution in [-0.4, -0.2) is 69.1 Å². The lowest BCUT2D eigenvalue weighted by atomic mass is 9.70. The zero-order valence-corrected chi connectivity index (χ0v) is 23.6. The number of nitrogens with one attached hydrogen (secondary N) is 2. The third-order valence-corrected chi connectivity index (χ3v) is 9.51. The highest BCUT2D eigenvalue weighted by molar-refractivity contribution is 8.02.